The van der Waals surface area contributed by atoms with E-state index in [0.717, 1.165) is 5.69 Å². The van der Waals surface area contributed by atoms with Crippen molar-refractivity contribution in [3.63, 3.8) is 0 Å². The summed E-state index contributed by atoms with van der Waals surface area (Å²) in [6.07, 6.45) is -1.92. The lowest BCUT2D eigenvalue weighted by Crippen LogP contribution is -2.49. The van der Waals surface area contributed by atoms with E-state index in [1.807, 2.05) is 18.2 Å². The number of rotatable bonds is 7. The Morgan fingerprint density at radius 2 is 1.65 bits per heavy atom. The van der Waals surface area contributed by atoms with Gasteiger partial charge in [-0.05, 0) is 29.8 Å². The zero-order valence-corrected chi connectivity index (χ0v) is 17.5. The van der Waals surface area contributed by atoms with Crippen LogP contribution in [-0.2, 0) is 9.53 Å². The first-order chi connectivity index (χ1) is 14.9. The zero-order valence-electron chi connectivity index (χ0n) is 17.5. The number of piperazine rings is 1. The molecule has 0 bridgehead atoms. The van der Waals surface area contributed by atoms with Gasteiger partial charge in [0.25, 0.3) is 0 Å². The van der Waals surface area contributed by atoms with Gasteiger partial charge in [-0.15, -0.1) is 0 Å². The number of primary amides is 1. The fourth-order valence-corrected chi connectivity index (χ4v) is 3.57. The first-order valence-corrected chi connectivity index (χ1v) is 9.87. The molecule has 2 aromatic carbocycles. The number of amides is 2. The van der Waals surface area contributed by atoms with Gasteiger partial charge in [0.2, 0.25) is 5.91 Å². The van der Waals surface area contributed by atoms with Gasteiger partial charge < -0.3 is 29.7 Å². The number of benzene rings is 2. The van der Waals surface area contributed by atoms with Crippen LogP contribution in [0.5, 0.6) is 11.5 Å². The Bertz CT molecular complexity index is 914. The third-order valence-corrected chi connectivity index (χ3v) is 5.22. The molecule has 1 atom stereocenters. The molecule has 1 heterocycles. The molecule has 1 fully saturated rings. The number of hydrogen-bond acceptors (Lipinski definition) is 6. The minimum atomic E-state index is -0.986. The van der Waals surface area contributed by atoms with Crippen LogP contribution in [0.2, 0.25) is 0 Å². The van der Waals surface area contributed by atoms with E-state index in [4.69, 9.17) is 19.9 Å². The van der Waals surface area contributed by atoms with Crippen molar-refractivity contribution in [3.8, 4) is 11.5 Å². The number of hydrogen-bond donors (Lipinski definition) is 1. The van der Waals surface area contributed by atoms with Crippen molar-refractivity contribution >= 4 is 17.7 Å². The monoisotopic (exact) mass is 431 g/mol. The van der Waals surface area contributed by atoms with Crippen LogP contribution in [0.4, 0.5) is 14.9 Å². The highest BCUT2D eigenvalue weighted by Crippen LogP contribution is 2.32. The van der Waals surface area contributed by atoms with E-state index in [1.165, 1.54) is 24.3 Å². The van der Waals surface area contributed by atoms with Crippen LogP contribution in [0.3, 0.4) is 0 Å². The Morgan fingerprint density at radius 3 is 2.23 bits per heavy atom. The van der Waals surface area contributed by atoms with Crippen molar-refractivity contribution in [1.82, 2.24) is 4.90 Å². The third kappa shape index (κ3) is 5.56. The maximum Gasteiger partial charge on any atom is 0.405 e. The third-order valence-electron chi connectivity index (χ3n) is 5.22. The zero-order chi connectivity index (χ0) is 22.4. The van der Waals surface area contributed by atoms with Gasteiger partial charge in [-0.1, -0.05) is 12.1 Å². The number of halogens is 1. The largest absolute Gasteiger partial charge is 0.493 e. The molecule has 0 aromatic heterocycles. The lowest BCUT2D eigenvalue weighted by molar-refractivity contribution is -0.133. The average molecular weight is 431 g/mol. The van der Waals surface area contributed by atoms with Crippen LogP contribution < -0.4 is 20.1 Å². The predicted molar refractivity (Wildman–Crippen MR) is 113 cm³/mol. The normalized spacial score (nSPS) is 14.7. The lowest BCUT2D eigenvalue weighted by atomic mass is 10.1. The first kappa shape index (κ1) is 22.2. The van der Waals surface area contributed by atoms with Gasteiger partial charge in [0.05, 0.1) is 20.6 Å². The van der Waals surface area contributed by atoms with Gasteiger partial charge in [0, 0.05) is 37.9 Å². The van der Waals surface area contributed by atoms with Gasteiger partial charge in [-0.25, -0.2) is 9.18 Å². The summed E-state index contributed by atoms with van der Waals surface area (Å²) in [5, 5.41) is 0. The standard InChI is InChI=1S/C22H26FN3O5/c1-29-18-8-7-17(13-20(18)30-2)25-9-11-26(12-10-25)21(27)14-19(31-22(24)28)15-3-5-16(23)6-4-15/h3-8,13,19H,9-12,14H2,1-2H3,(H2,24,28)/t19-/m0/s1. The van der Waals surface area contributed by atoms with E-state index < -0.39 is 18.0 Å². The number of ether oxygens (including phenoxy) is 3. The van der Waals surface area contributed by atoms with E-state index in [0.29, 0.717) is 43.2 Å². The van der Waals surface area contributed by atoms with Crippen molar-refractivity contribution in [2.45, 2.75) is 12.5 Å². The second-order valence-electron chi connectivity index (χ2n) is 7.09. The van der Waals surface area contributed by atoms with Crippen LogP contribution in [-0.4, -0.2) is 57.3 Å². The molecule has 2 N–H and O–H groups in total. The highest BCUT2D eigenvalue weighted by molar-refractivity contribution is 5.78. The molecular formula is C22H26FN3O5. The van der Waals surface area contributed by atoms with E-state index in [-0.39, 0.29) is 12.3 Å². The summed E-state index contributed by atoms with van der Waals surface area (Å²) < 4.78 is 28.9. The van der Waals surface area contributed by atoms with Crippen molar-refractivity contribution in [2.24, 2.45) is 5.73 Å². The maximum absolute atomic E-state index is 13.2. The molecule has 1 aliphatic rings. The van der Waals surface area contributed by atoms with Crippen LogP contribution in [0.25, 0.3) is 0 Å². The number of carbonyl (C=O) groups is 2. The molecule has 2 amide bonds. The molecule has 0 spiro atoms. The van der Waals surface area contributed by atoms with Crippen LogP contribution in [0.15, 0.2) is 42.5 Å². The molecule has 0 saturated carbocycles. The minimum absolute atomic E-state index is 0.0646. The molecule has 9 heteroatoms. The van der Waals surface area contributed by atoms with E-state index in [1.54, 1.807) is 19.1 Å². The van der Waals surface area contributed by atoms with Crippen molar-refractivity contribution < 1.29 is 28.2 Å². The Hall–Kier alpha value is -3.49. The summed E-state index contributed by atoms with van der Waals surface area (Å²) in [5.41, 5.74) is 6.65. The van der Waals surface area contributed by atoms with Crippen LogP contribution in [0.1, 0.15) is 18.1 Å². The highest BCUT2D eigenvalue weighted by atomic mass is 19.1. The first-order valence-electron chi connectivity index (χ1n) is 9.87. The Morgan fingerprint density at radius 1 is 1.00 bits per heavy atom. The molecule has 166 valence electrons. The summed E-state index contributed by atoms with van der Waals surface area (Å²) in [6.45, 7) is 2.30. The van der Waals surface area contributed by atoms with Gasteiger partial charge in [0.15, 0.2) is 11.5 Å². The maximum atomic E-state index is 13.2. The quantitative estimate of drug-likeness (QED) is 0.725. The smallest absolute Gasteiger partial charge is 0.405 e. The summed E-state index contributed by atoms with van der Waals surface area (Å²) in [7, 11) is 3.17. The number of methoxy groups -OCH3 is 2. The van der Waals surface area contributed by atoms with Crippen LogP contribution >= 0.6 is 0 Å². The second kappa shape index (κ2) is 10.0. The fourth-order valence-electron chi connectivity index (χ4n) is 3.57. The summed E-state index contributed by atoms with van der Waals surface area (Å²) in [5.74, 6) is 0.715. The van der Waals surface area contributed by atoms with Gasteiger partial charge in [-0.3, -0.25) is 4.79 Å². The Labute approximate surface area is 180 Å². The molecular weight excluding hydrogens is 405 g/mol. The summed E-state index contributed by atoms with van der Waals surface area (Å²) >= 11 is 0. The van der Waals surface area contributed by atoms with Gasteiger partial charge in [0.1, 0.15) is 11.9 Å². The van der Waals surface area contributed by atoms with E-state index in [2.05, 4.69) is 4.90 Å². The van der Waals surface area contributed by atoms with E-state index in [9.17, 15) is 14.0 Å². The van der Waals surface area contributed by atoms with Gasteiger partial charge >= 0.3 is 6.09 Å². The molecule has 31 heavy (non-hydrogen) atoms. The molecule has 0 unspecified atom stereocenters. The molecule has 2 aromatic rings. The van der Waals surface area contributed by atoms with Crippen molar-refractivity contribution in [3.05, 3.63) is 53.8 Å². The molecule has 1 aliphatic heterocycles. The van der Waals surface area contributed by atoms with E-state index >= 15 is 0 Å². The number of carbonyl (C=O) groups excluding carboxylic acids is 2. The molecule has 1 saturated heterocycles. The minimum Gasteiger partial charge on any atom is -0.493 e. The Balaban J connectivity index is 1.62. The summed E-state index contributed by atoms with van der Waals surface area (Å²) in [6, 6.07) is 11.2. The number of nitrogens with two attached hydrogens (primary N) is 1. The topological polar surface area (TPSA) is 94.3 Å². The Kier molecular flexibility index (Phi) is 7.17. The second-order valence-corrected chi connectivity index (χ2v) is 7.09. The SMILES string of the molecule is COc1ccc(N2CCN(C(=O)C[C@H](OC(N)=O)c3ccc(F)cc3)CC2)cc1OC. The fraction of sp³-hybridized carbons (Fsp3) is 0.364. The molecule has 0 aliphatic carbocycles. The lowest BCUT2D eigenvalue weighted by Gasteiger charge is -2.36. The number of nitrogens with zero attached hydrogens (tertiary/aromatic N) is 2. The summed E-state index contributed by atoms with van der Waals surface area (Å²) in [4.78, 5) is 28.0. The highest BCUT2D eigenvalue weighted by Gasteiger charge is 2.26. The van der Waals surface area contributed by atoms with Gasteiger partial charge in [-0.2, -0.15) is 0 Å². The van der Waals surface area contributed by atoms with Crippen LogP contribution in [0, 0.1) is 5.82 Å². The predicted octanol–water partition coefficient (Wildman–Crippen LogP) is 2.72. The average Bonchev–Trinajstić information content (AvgIpc) is 2.78. The van der Waals surface area contributed by atoms with Crippen molar-refractivity contribution in [1.29, 1.82) is 0 Å². The molecule has 3 rings (SSSR count). The molecule has 0 radical (unpaired) electrons. The van der Waals surface area contributed by atoms with Crippen molar-refractivity contribution in [2.75, 3.05) is 45.3 Å². The number of anilines is 1. The molecule has 8 nitrogen and oxygen atoms in total.